The van der Waals surface area contributed by atoms with Crippen LogP contribution in [0.1, 0.15) is 19.8 Å². The Morgan fingerprint density at radius 3 is 2.45 bits per heavy atom. The van der Waals surface area contributed by atoms with Gasteiger partial charge >= 0.3 is 0 Å². The van der Waals surface area contributed by atoms with Crippen LogP contribution in [0.4, 0.5) is 0 Å². The van der Waals surface area contributed by atoms with E-state index in [1.54, 1.807) is 0 Å². The molecule has 0 bridgehead atoms. The lowest BCUT2D eigenvalue weighted by Gasteiger charge is -2.38. The summed E-state index contributed by atoms with van der Waals surface area (Å²) in [5.74, 6) is 0.858. The summed E-state index contributed by atoms with van der Waals surface area (Å²) in [6.07, 6.45) is 1.77. The van der Waals surface area contributed by atoms with Gasteiger partial charge in [0.1, 0.15) is 0 Å². The fourth-order valence-electron chi connectivity index (χ4n) is 1.53. The van der Waals surface area contributed by atoms with Gasteiger partial charge in [0.05, 0.1) is 5.54 Å². The van der Waals surface area contributed by atoms with Crippen molar-refractivity contribution in [3.05, 3.63) is 0 Å². The van der Waals surface area contributed by atoms with Gasteiger partial charge in [0.25, 0.3) is 0 Å². The summed E-state index contributed by atoms with van der Waals surface area (Å²) < 4.78 is 0. The van der Waals surface area contributed by atoms with Crippen molar-refractivity contribution in [2.75, 3.05) is 13.1 Å². The maximum atomic E-state index is 11.5. The number of nitrogens with two attached hydrogens (primary N) is 1. The molecule has 0 spiro atoms. The van der Waals surface area contributed by atoms with Crippen LogP contribution < -0.4 is 5.73 Å². The Morgan fingerprint density at radius 2 is 2.09 bits per heavy atom. The van der Waals surface area contributed by atoms with Crippen molar-refractivity contribution in [3.63, 3.8) is 0 Å². The van der Waals surface area contributed by atoms with E-state index in [4.69, 9.17) is 5.73 Å². The number of carbonyl (C=O) groups excluding carboxylic acids is 1. The summed E-state index contributed by atoms with van der Waals surface area (Å²) >= 11 is 0. The smallest absolute Gasteiger partial charge is 0.242 e. The number of hydrogen-bond donors (Lipinski definition) is 1. The minimum Gasteiger partial charge on any atom is -0.340 e. The quantitative estimate of drug-likeness (QED) is 0.576. The molecule has 1 heterocycles. The van der Waals surface area contributed by atoms with E-state index in [0.717, 1.165) is 25.9 Å². The zero-order chi connectivity index (χ0) is 8.06. The molecule has 1 aliphatic heterocycles. The summed E-state index contributed by atoms with van der Waals surface area (Å²) in [6.45, 7) is 3.98. The van der Waals surface area contributed by atoms with Crippen molar-refractivity contribution in [3.8, 4) is 0 Å². The molecule has 3 heteroatoms. The molecular formula is C8H14N2O. The first kappa shape index (κ1) is 7.10. The Morgan fingerprint density at radius 1 is 1.55 bits per heavy atom. The minimum atomic E-state index is -0.444. The highest BCUT2D eigenvalue weighted by Crippen LogP contribution is 2.35. The van der Waals surface area contributed by atoms with Crippen LogP contribution in [0.15, 0.2) is 0 Å². The van der Waals surface area contributed by atoms with Crippen molar-refractivity contribution >= 4 is 5.91 Å². The molecule has 2 aliphatic rings. The fourth-order valence-corrected chi connectivity index (χ4v) is 1.53. The number of likely N-dealkylation sites (tertiary alicyclic amines) is 1. The minimum absolute atomic E-state index is 0.176. The van der Waals surface area contributed by atoms with Crippen LogP contribution in [-0.4, -0.2) is 29.4 Å². The third-order valence-electron chi connectivity index (χ3n) is 2.57. The lowest BCUT2D eigenvalue weighted by molar-refractivity contribution is -0.139. The van der Waals surface area contributed by atoms with Crippen molar-refractivity contribution < 1.29 is 4.79 Å². The normalized spacial score (nSPS) is 28.0. The van der Waals surface area contributed by atoms with Gasteiger partial charge in [-0.2, -0.15) is 0 Å². The summed E-state index contributed by atoms with van der Waals surface area (Å²) in [5, 5.41) is 0. The molecule has 0 aromatic heterocycles. The fraction of sp³-hybridized carbons (Fsp3) is 0.875. The van der Waals surface area contributed by atoms with Crippen LogP contribution in [0.3, 0.4) is 0 Å². The van der Waals surface area contributed by atoms with Gasteiger partial charge in [0.15, 0.2) is 0 Å². The van der Waals surface area contributed by atoms with Crippen LogP contribution >= 0.6 is 0 Å². The monoisotopic (exact) mass is 154 g/mol. The van der Waals surface area contributed by atoms with Crippen LogP contribution in [0.25, 0.3) is 0 Å². The van der Waals surface area contributed by atoms with Crippen molar-refractivity contribution in [2.24, 2.45) is 11.7 Å². The SMILES string of the molecule is CC1CN(C(=O)C2(N)CC2)C1. The predicted molar refractivity (Wildman–Crippen MR) is 41.9 cm³/mol. The van der Waals surface area contributed by atoms with Gasteiger partial charge in [-0.3, -0.25) is 4.79 Å². The summed E-state index contributed by atoms with van der Waals surface area (Å²) in [5.41, 5.74) is 5.31. The second kappa shape index (κ2) is 1.97. The van der Waals surface area contributed by atoms with E-state index in [9.17, 15) is 4.79 Å². The molecule has 0 radical (unpaired) electrons. The molecule has 0 aromatic rings. The Bertz CT molecular complexity index is 192. The second-order valence-corrected chi connectivity index (χ2v) is 3.97. The van der Waals surface area contributed by atoms with Crippen LogP contribution in [0, 0.1) is 5.92 Å². The second-order valence-electron chi connectivity index (χ2n) is 3.97. The van der Waals surface area contributed by atoms with Crippen molar-refractivity contribution in [1.82, 2.24) is 4.90 Å². The zero-order valence-corrected chi connectivity index (χ0v) is 6.84. The maximum Gasteiger partial charge on any atom is 0.242 e. The van der Waals surface area contributed by atoms with E-state index in [2.05, 4.69) is 6.92 Å². The molecule has 0 atom stereocenters. The van der Waals surface area contributed by atoms with Crippen molar-refractivity contribution in [2.45, 2.75) is 25.3 Å². The predicted octanol–water partition coefficient (Wildman–Crippen LogP) is -0.0440. The molecule has 2 fully saturated rings. The van der Waals surface area contributed by atoms with E-state index in [1.165, 1.54) is 0 Å². The largest absolute Gasteiger partial charge is 0.340 e. The first-order valence-electron chi connectivity index (χ1n) is 4.20. The Hall–Kier alpha value is -0.570. The average molecular weight is 154 g/mol. The van der Waals surface area contributed by atoms with Gasteiger partial charge in [-0.15, -0.1) is 0 Å². The van der Waals surface area contributed by atoms with Gasteiger partial charge in [-0.1, -0.05) is 6.92 Å². The molecule has 1 saturated heterocycles. The molecule has 11 heavy (non-hydrogen) atoms. The molecule has 62 valence electrons. The van der Waals surface area contributed by atoms with Crippen molar-refractivity contribution in [1.29, 1.82) is 0 Å². The highest BCUT2D eigenvalue weighted by atomic mass is 16.2. The van der Waals surface area contributed by atoms with Crippen LogP contribution in [0.2, 0.25) is 0 Å². The number of rotatable bonds is 1. The molecular weight excluding hydrogens is 140 g/mol. The number of amides is 1. The number of carbonyl (C=O) groups is 1. The van der Waals surface area contributed by atoms with Gasteiger partial charge in [-0.05, 0) is 18.8 Å². The van der Waals surface area contributed by atoms with Gasteiger partial charge < -0.3 is 10.6 Å². The van der Waals surface area contributed by atoms with E-state index in [0.29, 0.717) is 5.92 Å². The van der Waals surface area contributed by atoms with Gasteiger partial charge in [-0.25, -0.2) is 0 Å². The van der Waals surface area contributed by atoms with Gasteiger partial charge in [0.2, 0.25) is 5.91 Å². The average Bonchev–Trinajstić information content (AvgIpc) is 2.61. The van der Waals surface area contributed by atoms with E-state index in [1.807, 2.05) is 4.90 Å². The van der Waals surface area contributed by atoms with E-state index in [-0.39, 0.29) is 5.91 Å². The maximum absolute atomic E-state index is 11.5. The Kier molecular flexibility index (Phi) is 1.27. The lowest BCUT2D eigenvalue weighted by atomic mass is 10.0. The van der Waals surface area contributed by atoms with Gasteiger partial charge in [0, 0.05) is 13.1 Å². The molecule has 1 saturated carbocycles. The molecule has 3 nitrogen and oxygen atoms in total. The number of hydrogen-bond acceptors (Lipinski definition) is 2. The molecule has 0 aromatic carbocycles. The van der Waals surface area contributed by atoms with E-state index < -0.39 is 5.54 Å². The molecule has 1 amide bonds. The lowest BCUT2D eigenvalue weighted by Crippen LogP contribution is -2.55. The molecule has 1 aliphatic carbocycles. The molecule has 2 N–H and O–H groups in total. The first-order valence-corrected chi connectivity index (χ1v) is 4.20. The Balaban J connectivity index is 1.91. The highest BCUT2D eigenvalue weighted by molar-refractivity contribution is 5.89. The topological polar surface area (TPSA) is 46.3 Å². The molecule has 2 rings (SSSR count). The third kappa shape index (κ3) is 1.03. The van der Waals surface area contributed by atoms with Crippen LogP contribution in [-0.2, 0) is 4.79 Å². The summed E-state index contributed by atoms with van der Waals surface area (Å²) in [4.78, 5) is 13.3. The standard InChI is InChI=1S/C8H14N2O/c1-6-4-10(5-6)7(11)8(9)2-3-8/h6H,2-5,9H2,1H3. The van der Waals surface area contributed by atoms with Crippen LogP contribution in [0.5, 0.6) is 0 Å². The first-order chi connectivity index (χ1) is 5.12. The van der Waals surface area contributed by atoms with E-state index >= 15 is 0 Å². The zero-order valence-electron chi connectivity index (χ0n) is 6.84. The Labute approximate surface area is 66.5 Å². The highest BCUT2D eigenvalue weighted by Gasteiger charge is 2.49. The summed E-state index contributed by atoms with van der Waals surface area (Å²) in [6, 6.07) is 0. The third-order valence-corrected chi connectivity index (χ3v) is 2.57. The molecule has 0 unspecified atom stereocenters. The number of nitrogens with zero attached hydrogens (tertiary/aromatic N) is 1. The summed E-state index contributed by atoms with van der Waals surface area (Å²) in [7, 11) is 0.